The molecule has 5 nitrogen and oxygen atoms in total. The maximum absolute atomic E-state index is 9.46. The van der Waals surface area contributed by atoms with Crippen molar-refractivity contribution < 1.29 is 9.84 Å². The van der Waals surface area contributed by atoms with Gasteiger partial charge in [0.05, 0.1) is 12.2 Å². The van der Waals surface area contributed by atoms with Gasteiger partial charge in [-0.3, -0.25) is 0 Å². The molecule has 1 N–H and O–H groups in total. The van der Waals surface area contributed by atoms with Gasteiger partial charge >= 0.3 is 0 Å². The van der Waals surface area contributed by atoms with E-state index in [2.05, 4.69) is 14.8 Å². The van der Waals surface area contributed by atoms with Gasteiger partial charge in [-0.15, -0.1) is 10.2 Å². The number of aryl methyl sites for hydroxylation is 1. The van der Waals surface area contributed by atoms with Crippen molar-refractivity contribution in [2.45, 2.75) is 70.3 Å². The van der Waals surface area contributed by atoms with E-state index >= 15 is 0 Å². The highest BCUT2D eigenvalue weighted by molar-refractivity contribution is 4.97. The minimum absolute atomic E-state index is 0.120. The third kappa shape index (κ3) is 2.57. The third-order valence-corrected chi connectivity index (χ3v) is 4.03. The summed E-state index contributed by atoms with van der Waals surface area (Å²) in [5.41, 5.74) is 0. The summed E-state index contributed by atoms with van der Waals surface area (Å²) in [5, 5.41) is 17.9. The van der Waals surface area contributed by atoms with Crippen LogP contribution in [0.4, 0.5) is 0 Å². The first-order chi connectivity index (χ1) is 8.83. The van der Waals surface area contributed by atoms with Gasteiger partial charge in [0.15, 0.2) is 5.82 Å². The summed E-state index contributed by atoms with van der Waals surface area (Å²) >= 11 is 0. The maximum Gasteiger partial charge on any atom is 0.159 e. The van der Waals surface area contributed by atoms with E-state index < -0.39 is 0 Å². The van der Waals surface area contributed by atoms with Gasteiger partial charge in [-0.25, -0.2) is 0 Å². The predicted molar refractivity (Wildman–Crippen MR) is 66.0 cm³/mol. The number of nitrogens with zero attached hydrogens (tertiary/aromatic N) is 3. The fraction of sp³-hybridized carbons (Fsp3) is 0.846. The standard InChI is InChI=1S/C13H21N3O2/c17-10-4-6-11(7-5-10)18-9-13-15-14-12-3-1-2-8-16(12)13/h10-11,17H,1-9H2. The Hall–Kier alpha value is -0.940. The molecule has 0 atom stereocenters. The van der Waals surface area contributed by atoms with Crippen LogP contribution in [-0.4, -0.2) is 32.1 Å². The molecule has 0 aromatic carbocycles. The molecule has 3 rings (SSSR count). The quantitative estimate of drug-likeness (QED) is 0.883. The summed E-state index contributed by atoms with van der Waals surface area (Å²) in [5.74, 6) is 2.08. The summed E-state index contributed by atoms with van der Waals surface area (Å²) in [7, 11) is 0. The van der Waals surface area contributed by atoms with Crippen molar-refractivity contribution in [2.24, 2.45) is 0 Å². The first-order valence-corrected chi connectivity index (χ1v) is 7.03. The van der Waals surface area contributed by atoms with E-state index in [1.165, 1.54) is 12.8 Å². The molecule has 18 heavy (non-hydrogen) atoms. The Morgan fingerprint density at radius 2 is 2.00 bits per heavy atom. The lowest BCUT2D eigenvalue weighted by Gasteiger charge is -2.25. The fourth-order valence-corrected chi connectivity index (χ4v) is 2.88. The SMILES string of the molecule is OC1CCC(OCc2nnc3n2CCCC3)CC1. The maximum atomic E-state index is 9.46. The summed E-state index contributed by atoms with van der Waals surface area (Å²) in [4.78, 5) is 0. The minimum Gasteiger partial charge on any atom is -0.393 e. The second-order valence-corrected chi connectivity index (χ2v) is 5.38. The Labute approximate surface area is 107 Å². The van der Waals surface area contributed by atoms with Gasteiger partial charge in [0.1, 0.15) is 12.4 Å². The van der Waals surface area contributed by atoms with Crippen LogP contribution in [0.5, 0.6) is 0 Å². The molecule has 0 radical (unpaired) electrons. The zero-order valence-corrected chi connectivity index (χ0v) is 10.7. The van der Waals surface area contributed by atoms with Crippen LogP contribution in [0.3, 0.4) is 0 Å². The average Bonchev–Trinajstić information content (AvgIpc) is 2.82. The second-order valence-electron chi connectivity index (χ2n) is 5.38. The van der Waals surface area contributed by atoms with Crippen molar-refractivity contribution in [1.82, 2.24) is 14.8 Å². The Kier molecular flexibility index (Phi) is 3.61. The van der Waals surface area contributed by atoms with Crippen molar-refractivity contribution in [3.05, 3.63) is 11.6 Å². The first-order valence-electron chi connectivity index (χ1n) is 7.03. The monoisotopic (exact) mass is 251 g/mol. The smallest absolute Gasteiger partial charge is 0.159 e. The highest BCUT2D eigenvalue weighted by Crippen LogP contribution is 2.22. The van der Waals surface area contributed by atoms with Crippen molar-refractivity contribution in [1.29, 1.82) is 0 Å². The normalized spacial score (nSPS) is 28.1. The lowest BCUT2D eigenvalue weighted by atomic mass is 9.95. The van der Waals surface area contributed by atoms with Gasteiger partial charge in [-0.2, -0.15) is 0 Å². The van der Waals surface area contributed by atoms with Gasteiger partial charge < -0.3 is 14.4 Å². The number of fused-ring (bicyclic) bond motifs is 1. The Bertz CT molecular complexity index is 397. The molecule has 1 fully saturated rings. The highest BCUT2D eigenvalue weighted by Gasteiger charge is 2.21. The van der Waals surface area contributed by atoms with Crippen LogP contribution in [0.15, 0.2) is 0 Å². The second kappa shape index (κ2) is 5.36. The molecule has 2 aliphatic rings. The molecule has 0 unspecified atom stereocenters. The Morgan fingerprint density at radius 3 is 2.83 bits per heavy atom. The number of aliphatic hydroxyl groups is 1. The lowest BCUT2D eigenvalue weighted by Crippen LogP contribution is -2.25. The van der Waals surface area contributed by atoms with Crippen molar-refractivity contribution in [3.8, 4) is 0 Å². The number of aliphatic hydroxyl groups excluding tert-OH is 1. The van der Waals surface area contributed by atoms with Gasteiger partial charge in [-0.1, -0.05) is 0 Å². The van der Waals surface area contributed by atoms with E-state index in [0.29, 0.717) is 6.61 Å². The first kappa shape index (κ1) is 12.1. The minimum atomic E-state index is -0.120. The van der Waals surface area contributed by atoms with Crippen molar-refractivity contribution in [2.75, 3.05) is 0 Å². The molecule has 5 heteroatoms. The number of ether oxygens (including phenoxy) is 1. The van der Waals surface area contributed by atoms with Crippen LogP contribution in [0.1, 0.15) is 50.2 Å². The molecule has 1 aliphatic heterocycles. The molecule has 1 aromatic heterocycles. The lowest BCUT2D eigenvalue weighted by molar-refractivity contribution is -0.0153. The van der Waals surface area contributed by atoms with E-state index in [1.54, 1.807) is 0 Å². The van der Waals surface area contributed by atoms with Gasteiger partial charge in [0.2, 0.25) is 0 Å². The van der Waals surface area contributed by atoms with Crippen molar-refractivity contribution >= 4 is 0 Å². The zero-order valence-electron chi connectivity index (χ0n) is 10.7. The summed E-state index contributed by atoms with van der Waals surface area (Å²) in [6.45, 7) is 1.60. The van der Waals surface area contributed by atoms with E-state index in [9.17, 15) is 5.11 Å². The van der Waals surface area contributed by atoms with E-state index in [1.807, 2.05) is 0 Å². The van der Waals surface area contributed by atoms with Crippen LogP contribution in [0, 0.1) is 0 Å². The topological polar surface area (TPSA) is 60.2 Å². The fourth-order valence-electron chi connectivity index (χ4n) is 2.88. The van der Waals surface area contributed by atoms with Gasteiger partial charge in [0.25, 0.3) is 0 Å². The molecular formula is C13H21N3O2. The third-order valence-electron chi connectivity index (χ3n) is 4.03. The molecule has 0 spiro atoms. The predicted octanol–water partition coefficient (Wildman–Crippen LogP) is 1.43. The molecular weight excluding hydrogens is 230 g/mol. The number of aromatic nitrogens is 3. The summed E-state index contributed by atoms with van der Waals surface area (Å²) in [6, 6.07) is 0. The zero-order chi connectivity index (χ0) is 12.4. The van der Waals surface area contributed by atoms with E-state index in [-0.39, 0.29) is 12.2 Å². The molecule has 2 heterocycles. The van der Waals surface area contributed by atoms with Crippen LogP contribution in [0.25, 0.3) is 0 Å². The Morgan fingerprint density at radius 1 is 1.17 bits per heavy atom. The average molecular weight is 251 g/mol. The number of rotatable bonds is 3. The Balaban J connectivity index is 1.55. The summed E-state index contributed by atoms with van der Waals surface area (Å²) < 4.78 is 8.12. The van der Waals surface area contributed by atoms with Gasteiger partial charge in [0, 0.05) is 13.0 Å². The van der Waals surface area contributed by atoms with Crippen LogP contribution < -0.4 is 0 Å². The number of hydrogen-bond acceptors (Lipinski definition) is 4. The van der Waals surface area contributed by atoms with E-state index in [4.69, 9.17) is 4.74 Å². The molecule has 0 saturated heterocycles. The molecule has 1 aliphatic carbocycles. The van der Waals surface area contributed by atoms with Crippen LogP contribution in [-0.2, 0) is 24.3 Å². The number of hydrogen-bond donors (Lipinski definition) is 1. The molecule has 100 valence electrons. The molecule has 1 aromatic rings. The van der Waals surface area contributed by atoms with Crippen LogP contribution >= 0.6 is 0 Å². The highest BCUT2D eigenvalue weighted by atomic mass is 16.5. The van der Waals surface area contributed by atoms with E-state index in [0.717, 1.165) is 50.3 Å². The molecule has 0 bridgehead atoms. The molecule has 0 amide bonds. The largest absolute Gasteiger partial charge is 0.393 e. The molecule has 1 saturated carbocycles. The van der Waals surface area contributed by atoms with Gasteiger partial charge in [-0.05, 0) is 38.5 Å². The summed E-state index contributed by atoms with van der Waals surface area (Å²) in [6.07, 6.45) is 7.29. The van der Waals surface area contributed by atoms with Crippen LogP contribution in [0.2, 0.25) is 0 Å². The van der Waals surface area contributed by atoms with Crippen molar-refractivity contribution in [3.63, 3.8) is 0 Å².